The standard InChI is InChI=1S/C16H17NO5S/c1-11(2)15-10-12(3)4-9-16(15)22-23(20,21)14-7-5-13(6-8-14)17(18)19/h4-11H,1-3H3. The minimum atomic E-state index is -4.05. The third-order valence-corrected chi connectivity index (χ3v) is 4.57. The third-order valence-electron chi connectivity index (χ3n) is 3.32. The molecule has 0 spiro atoms. The third kappa shape index (κ3) is 3.87. The summed E-state index contributed by atoms with van der Waals surface area (Å²) in [7, 11) is -4.05. The predicted molar refractivity (Wildman–Crippen MR) is 86.2 cm³/mol. The molecule has 2 aromatic carbocycles. The quantitative estimate of drug-likeness (QED) is 0.471. The molecule has 0 unspecified atom stereocenters. The highest BCUT2D eigenvalue weighted by molar-refractivity contribution is 7.87. The minimum absolute atomic E-state index is 0.0944. The summed E-state index contributed by atoms with van der Waals surface area (Å²) in [5.41, 5.74) is 1.62. The van der Waals surface area contributed by atoms with Crippen LogP contribution in [0.4, 0.5) is 5.69 Å². The average molecular weight is 335 g/mol. The van der Waals surface area contributed by atoms with Gasteiger partial charge in [-0.1, -0.05) is 31.5 Å². The van der Waals surface area contributed by atoms with E-state index in [9.17, 15) is 18.5 Å². The number of non-ortho nitro benzene ring substituents is 1. The molecule has 122 valence electrons. The van der Waals surface area contributed by atoms with Gasteiger partial charge in [-0.25, -0.2) is 0 Å². The maximum absolute atomic E-state index is 12.4. The molecule has 0 aliphatic carbocycles. The second kappa shape index (κ2) is 6.37. The Labute approximate surface area is 135 Å². The first-order valence-corrected chi connectivity index (χ1v) is 8.41. The number of hydrogen-bond donors (Lipinski definition) is 0. The average Bonchev–Trinajstić information content (AvgIpc) is 2.48. The molecule has 0 aromatic heterocycles. The summed E-state index contributed by atoms with van der Waals surface area (Å²) in [5.74, 6) is 0.362. The molecule has 0 N–H and O–H groups in total. The number of nitro benzene ring substituents is 1. The van der Waals surface area contributed by atoms with Gasteiger partial charge in [0.25, 0.3) is 5.69 Å². The van der Waals surface area contributed by atoms with Crippen LogP contribution in [0.2, 0.25) is 0 Å². The lowest BCUT2D eigenvalue weighted by atomic mass is 10.0. The first-order chi connectivity index (χ1) is 10.7. The molecular weight excluding hydrogens is 318 g/mol. The maximum atomic E-state index is 12.4. The highest BCUT2D eigenvalue weighted by Crippen LogP contribution is 2.30. The molecule has 0 aliphatic rings. The molecule has 0 aliphatic heterocycles. The van der Waals surface area contributed by atoms with E-state index in [1.807, 2.05) is 26.8 Å². The van der Waals surface area contributed by atoms with E-state index in [4.69, 9.17) is 4.18 Å². The van der Waals surface area contributed by atoms with Crippen molar-refractivity contribution in [2.75, 3.05) is 0 Å². The van der Waals surface area contributed by atoms with Crippen LogP contribution in [0.5, 0.6) is 5.75 Å². The molecule has 0 radical (unpaired) electrons. The number of rotatable bonds is 5. The van der Waals surface area contributed by atoms with Gasteiger partial charge in [0.2, 0.25) is 0 Å². The fourth-order valence-electron chi connectivity index (χ4n) is 2.10. The van der Waals surface area contributed by atoms with Crippen molar-refractivity contribution in [3.8, 4) is 5.75 Å². The van der Waals surface area contributed by atoms with Gasteiger partial charge in [0.05, 0.1) is 4.92 Å². The number of nitro groups is 1. The van der Waals surface area contributed by atoms with Crippen LogP contribution >= 0.6 is 0 Å². The van der Waals surface area contributed by atoms with E-state index in [1.54, 1.807) is 12.1 Å². The van der Waals surface area contributed by atoms with Gasteiger partial charge < -0.3 is 4.18 Å². The molecule has 0 saturated carbocycles. The van der Waals surface area contributed by atoms with Crippen molar-refractivity contribution in [2.45, 2.75) is 31.6 Å². The summed E-state index contributed by atoms with van der Waals surface area (Å²) < 4.78 is 29.9. The summed E-state index contributed by atoms with van der Waals surface area (Å²) in [5, 5.41) is 10.6. The number of aryl methyl sites for hydroxylation is 1. The predicted octanol–water partition coefficient (Wildman–Crippen LogP) is 3.79. The summed E-state index contributed by atoms with van der Waals surface area (Å²) in [4.78, 5) is 9.91. The van der Waals surface area contributed by atoms with Gasteiger partial charge in [-0.3, -0.25) is 10.1 Å². The van der Waals surface area contributed by atoms with Crippen LogP contribution in [0.15, 0.2) is 47.4 Å². The van der Waals surface area contributed by atoms with Gasteiger partial charge in [-0.2, -0.15) is 8.42 Å². The molecule has 2 rings (SSSR count). The second-order valence-corrected chi connectivity index (χ2v) is 7.03. The van der Waals surface area contributed by atoms with Crippen LogP contribution in [0, 0.1) is 17.0 Å². The van der Waals surface area contributed by atoms with E-state index >= 15 is 0 Å². The van der Waals surface area contributed by atoms with Crippen LogP contribution in [-0.2, 0) is 10.1 Å². The van der Waals surface area contributed by atoms with Gasteiger partial charge in [0.1, 0.15) is 10.6 Å². The molecule has 0 atom stereocenters. The summed E-state index contributed by atoms with van der Waals surface area (Å²) in [6.45, 7) is 5.81. The highest BCUT2D eigenvalue weighted by atomic mass is 32.2. The Kier molecular flexibility index (Phi) is 4.70. The molecule has 0 bridgehead atoms. The molecule has 0 fully saturated rings. The van der Waals surface area contributed by atoms with Crippen molar-refractivity contribution in [1.29, 1.82) is 0 Å². The fraction of sp³-hybridized carbons (Fsp3) is 0.250. The molecule has 6 nitrogen and oxygen atoms in total. The van der Waals surface area contributed by atoms with Crippen molar-refractivity contribution < 1.29 is 17.5 Å². The van der Waals surface area contributed by atoms with Crippen LogP contribution in [0.1, 0.15) is 30.9 Å². The van der Waals surface area contributed by atoms with Gasteiger partial charge in [-0.15, -0.1) is 0 Å². The fourth-order valence-corrected chi connectivity index (χ4v) is 3.05. The van der Waals surface area contributed by atoms with Crippen LogP contribution in [0.3, 0.4) is 0 Å². The number of nitrogens with zero attached hydrogens (tertiary/aromatic N) is 1. The maximum Gasteiger partial charge on any atom is 0.339 e. The Morgan fingerprint density at radius 3 is 2.22 bits per heavy atom. The van der Waals surface area contributed by atoms with E-state index in [0.717, 1.165) is 35.4 Å². The van der Waals surface area contributed by atoms with Gasteiger partial charge in [0.15, 0.2) is 0 Å². The zero-order valence-electron chi connectivity index (χ0n) is 13.0. The van der Waals surface area contributed by atoms with Crippen molar-refractivity contribution in [3.63, 3.8) is 0 Å². The van der Waals surface area contributed by atoms with Crippen LogP contribution in [-0.4, -0.2) is 13.3 Å². The number of benzene rings is 2. The summed E-state index contributed by atoms with van der Waals surface area (Å²) in [6.07, 6.45) is 0. The normalized spacial score (nSPS) is 11.5. The van der Waals surface area contributed by atoms with Gasteiger partial charge in [0, 0.05) is 12.1 Å². The SMILES string of the molecule is Cc1ccc(OS(=O)(=O)c2ccc([N+](=O)[O-])cc2)c(C(C)C)c1. The smallest absolute Gasteiger partial charge is 0.339 e. The van der Waals surface area contributed by atoms with E-state index in [0.29, 0.717) is 0 Å². The molecule has 7 heteroatoms. The Hall–Kier alpha value is -2.41. The Morgan fingerprint density at radius 1 is 1.09 bits per heavy atom. The lowest BCUT2D eigenvalue weighted by molar-refractivity contribution is -0.384. The molecule has 2 aromatic rings. The highest BCUT2D eigenvalue weighted by Gasteiger charge is 2.20. The van der Waals surface area contributed by atoms with Gasteiger partial charge in [-0.05, 0) is 36.6 Å². The molecule has 0 heterocycles. The van der Waals surface area contributed by atoms with E-state index in [1.165, 1.54) is 0 Å². The molecule has 23 heavy (non-hydrogen) atoms. The van der Waals surface area contributed by atoms with Crippen molar-refractivity contribution in [1.82, 2.24) is 0 Å². The molecular formula is C16H17NO5S. The van der Waals surface area contributed by atoms with Crippen molar-refractivity contribution in [3.05, 3.63) is 63.7 Å². The zero-order chi connectivity index (χ0) is 17.2. The largest absolute Gasteiger partial charge is 0.379 e. The second-order valence-electron chi connectivity index (χ2n) is 5.48. The van der Waals surface area contributed by atoms with E-state index < -0.39 is 15.0 Å². The monoisotopic (exact) mass is 335 g/mol. The Bertz CT molecular complexity index is 826. The zero-order valence-corrected chi connectivity index (χ0v) is 13.8. The molecule has 0 saturated heterocycles. The summed E-state index contributed by atoms with van der Waals surface area (Å²) >= 11 is 0. The Morgan fingerprint density at radius 2 is 1.70 bits per heavy atom. The van der Waals surface area contributed by atoms with Crippen LogP contribution in [0.25, 0.3) is 0 Å². The lowest BCUT2D eigenvalue weighted by Crippen LogP contribution is -2.11. The first kappa shape index (κ1) is 17.0. The van der Waals surface area contributed by atoms with E-state index in [-0.39, 0.29) is 22.3 Å². The minimum Gasteiger partial charge on any atom is -0.379 e. The lowest BCUT2D eigenvalue weighted by Gasteiger charge is -2.14. The first-order valence-electron chi connectivity index (χ1n) is 7.00. The molecule has 0 amide bonds. The van der Waals surface area contributed by atoms with Gasteiger partial charge >= 0.3 is 10.1 Å². The topological polar surface area (TPSA) is 86.5 Å². The summed E-state index contributed by atoms with van der Waals surface area (Å²) in [6, 6.07) is 9.86. The van der Waals surface area contributed by atoms with Crippen molar-refractivity contribution >= 4 is 15.8 Å². The van der Waals surface area contributed by atoms with E-state index in [2.05, 4.69) is 0 Å². The van der Waals surface area contributed by atoms with Crippen LogP contribution < -0.4 is 4.18 Å². The number of hydrogen-bond acceptors (Lipinski definition) is 5. The Balaban J connectivity index is 2.37. The van der Waals surface area contributed by atoms with Crippen molar-refractivity contribution in [2.24, 2.45) is 0 Å².